The molecular weight excluding hydrogens is 502 g/mol. The lowest BCUT2D eigenvalue weighted by atomic mass is 10.1. The van der Waals surface area contributed by atoms with E-state index in [-0.39, 0.29) is 21.6 Å². The Hall–Kier alpha value is -2.69. The van der Waals surface area contributed by atoms with Crippen molar-refractivity contribution in [2.75, 3.05) is 25.3 Å². The van der Waals surface area contributed by atoms with E-state index in [4.69, 9.17) is 32.7 Å². The van der Waals surface area contributed by atoms with E-state index in [9.17, 15) is 18.0 Å². The van der Waals surface area contributed by atoms with Gasteiger partial charge in [-0.2, -0.15) is 13.2 Å². The molecule has 0 aliphatic heterocycles. The van der Waals surface area contributed by atoms with E-state index in [1.54, 1.807) is 18.2 Å². The van der Waals surface area contributed by atoms with Gasteiger partial charge in [-0.25, -0.2) is 9.97 Å². The van der Waals surface area contributed by atoms with E-state index in [1.165, 1.54) is 32.4 Å². The van der Waals surface area contributed by atoms with Crippen molar-refractivity contribution in [2.24, 2.45) is 0 Å². The lowest BCUT2D eigenvalue weighted by Crippen LogP contribution is -2.15. The highest BCUT2D eigenvalue weighted by Gasteiger charge is 2.34. The molecular formula is C21H16Cl2F3N3O3S. The SMILES string of the molecule is COc1ccc(-c2cc(C(F)(F)F)nc(SCC(=O)Nc3ccc(Cl)c(Cl)c3)n2)cc1OC. The number of benzene rings is 2. The molecule has 0 fully saturated rings. The quantitative estimate of drug-likeness (QED) is 0.296. The van der Waals surface area contributed by atoms with Crippen molar-refractivity contribution in [3.63, 3.8) is 0 Å². The monoisotopic (exact) mass is 517 g/mol. The van der Waals surface area contributed by atoms with Crippen LogP contribution in [0.5, 0.6) is 11.5 Å². The zero-order valence-electron chi connectivity index (χ0n) is 17.2. The number of aromatic nitrogens is 2. The minimum atomic E-state index is -4.70. The molecule has 0 saturated heterocycles. The molecule has 6 nitrogen and oxygen atoms in total. The zero-order valence-corrected chi connectivity index (χ0v) is 19.5. The van der Waals surface area contributed by atoms with Gasteiger partial charge in [-0.15, -0.1) is 0 Å². The number of halogens is 5. The molecule has 12 heteroatoms. The molecule has 0 spiro atoms. The van der Waals surface area contributed by atoms with Gasteiger partial charge in [-0.1, -0.05) is 35.0 Å². The molecule has 1 aromatic heterocycles. The molecule has 0 bridgehead atoms. The van der Waals surface area contributed by atoms with Gasteiger partial charge in [0.25, 0.3) is 0 Å². The molecule has 174 valence electrons. The van der Waals surface area contributed by atoms with Crippen LogP contribution in [0.25, 0.3) is 11.3 Å². The average molecular weight is 518 g/mol. The van der Waals surface area contributed by atoms with Crippen molar-refractivity contribution in [1.29, 1.82) is 0 Å². The molecule has 0 unspecified atom stereocenters. The van der Waals surface area contributed by atoms with Gasteiger partial charge in [0.1, 0.15) is 5.69 Å². The van der Waals surface area contributed by atoms with Gasteiger partial charge in [0.05, 0.1) is 35.7 Å². The van der Waals surface area contributed by atoms with Crippen molar-refractivity contribution >= 4 is 46.6 Å². The lowest BCUT2D eigenvalue weighted by molar-refractivity contribution is -0.141. The number of hydrogen-bond acceptors (Lipinski definition) is 6. The Morgan fingerprint density at radius 1 is 1.00 bits per heavy atom. The number of methoxy groups -OCH3 is 2. The Morgan fingerprint density at radius 3 is 2.36 bits per heavy atom. The molecule has 1 amide bonds. The first-order valence-corrected chi connectivity index (χ1v) is 10.9. The van der Waals surface area contributed by atoms with E-state index in [0.717, 1.165) is 17.8 Å². The Bertz CT molecular complexity index is 1180. The molecule has 3 rings (SSSR count). The van der Waals surface area contributed by atoms with E-state index < -0.39 is 17.8 Å². The van der Waals surface area contributed by atoms with Gasteiger partial charge >= 0.3 is 6.18 Å². The Labute approximate surface area is 201 Å². The van der Waals surface area contributed by atoms with Crippen LogP contribution in [0, 0.1) is 0 Å². The summed E-state index contributed by atoms with van der Waals surface area (Å²) >= 11 is 12.5. The number of amides is 1. The minimum absolute atomic E-state index is 0.0191. The maximum Gasteiger partial charge on any atom is 0.433 e. The second-order valence-electron chi connectivity index (χ2n) is 6.45. The van der Waals surface area contributed by atoms with Crippen molar-refractivity contribution in [3.05, 3.63) is 58.2 Å². The topological polar surface area (TPSA) is 73.3 Å². The molecule has 0 aliphatic carbocycles. The first kappa shape index (κ1) is 24.9. The number of rotatable bonds is 7. The maximum atomic E-state index is 13.4. The smallest absolute Gasteiger partial charge is 0.433 e. The largest absolute Gasteiger partial charge is 0.493 e. The molecule has 33 heavy (non-hydrogen) atoms. The predicted octanol–water partition coefficient (Wildman–Crippen LogP) is 6.22. The highest BCUT2D eigenvalue weighted by molar-refractivity contribution is 7.99. The second-order valence-corrected chi connectivity index (χ2v) is 8.21. The third kappa shape index (κ3) is 6.43. The first-order chi connectivity index (χ1) is 15.6. The number of nitrogens with zero attached hydrogens (tertiary/aromatic N) is 2. The first-order valence-electron chi connectivity index (χ1n) is 9.17. The summed E-state index contributed by atoms with van der Waals surface area (Å²) in [6.07, 6.45) is -4.70. The standard InChI is InChI=1S/C21H16Cl2F3N3O3S/c1-31-16-6-3-11(7-17(16)32-2)15-9-18(21(24,25)26)29-20(28-15)33-10-19(30)27-12-4-5-13(22)14(23)8-12/h3-9H,10H2,1-2H3,(H,27,30). The predicted molar refractivity (Wildman–Crippen MR) is 121 cm³/mol. The van der Waals surface area contributed by atoms with Crippen LogP contribution >= 0.6 is 35.0 Å². The number of alkyl halides is 3. The summed E-state index contributed by atoms with van der Waals surface area (Å²) in [5.74, 6) is 0.0387. The number of ether oxygens (including phenoxy) is 2. The summed E-state index contributed by atoms with van der Waals surface area (Å²) in [5, 5.41) is 2.95. The van der Waals surface area contributed by atoms with Gasteiger partial charge in [-0.3, -0.25) is 4.79 Å². The summed E-state index contributed by atoms with van der Waals surface area (Å²) < 4.78 is 50.7. The molecule has 1 N–H and O–H groups in total. The third-order valence-electron chi connectivity index (χ3n) is 4.21. The fourth-order valence-electron chi connectivity index (χ4n) is 2.68. The van der Waals surface area contributed by atoms with Gasteiger partial charge < -0.3 is 14.8 Å². The van der Waals surface area contributed by atoms with Gasteiger partial charge in [-0.05, 0) is 42.5 Å². The van der Waals surface area contributed by atoms with Crippen LogP contribution in [0.1, 0.15) is 5.69 Å². The van der Waals surface area contributed by atoms with Crippen molar-refractivity contribution < 1.29 is 27.4 Å². The summed E-state index contributed by atoms with van der Waals surface area (Å²) in [6, 6.07) is 9.97. The van der Waals surface area contributed by atoms with Gasteiger partial charge in [0, 0.05) is 11.3 Å². The summed E-state index contributed by atoms with van der Waals surface area (Å²) in [7, 11) is 2.86. The van der Waals surface area contributed by atoms with Crippen LogP contribution in [-0.2, 0) is 11.0 Å². The fraction of sp³-hybridized carbons (Fsp3) is 0.190. The van der Waals surface area contributed by atoms with Gasteiger partial charge in [0.2, 0.25) is 5.91 Å². The maximum absolute atomic E-state index is 13.4. The number of anilines is 1. The number of carbonyl (C=O) groups is 1. The van der Waals surface area contributed by atoms with Crippen LogP contribution in [0.15, 0.2) is 47.6 Å². The molecule has 0 saturated carbocycles. The normalized spacial score (nSPS) is 11.2. The number of nitrogens with one attached hydrogen (secondary N) is 1. The van der Waals surface area contributed by atoms with Crippen molar-refractivity contribution in [1.82, 2.24) is 9.97 Å². The molecule has 0 aliphatic rings. The van der Waals surface area contributed by atoms with Crippen molar-refractivity contribution in [3.8, 4) is 22.8 Å². The van der Waals surface area contributed by atoms with E-state index in [1.807, 2.05) is 0 Å². The van der Waals surface area contributed by atoms with Crippen LogP contribution in [0.2, 0.25) is 10.0 Å². The molecule has 3 aromatic rings. The minimum Gasteiger partial charge on any atom is -0.493 e. The van der Waals surface area contributed by atoms with Crippen LogP contribution in [-0.4, -0.2) is 35.8 Å². The fourth-order valence-corrected chi connectivity index (χ4v) is 3.64. The highest BCUT2D eigenvalue weighted by Crippen LogP contribution is 2.35. The molecule has 2 aromatic carbocycles. The van der Waals surface area contributed by atoms with E-state index in [0.29, 0.717) is 27.8 Å². The van der Waals surface area contributed by atoms with Crippen molar-refractivity contribution in [2.45, 2.75) is 11.3 Å². The molecule has 0 radical (unpaired) electrons. The lowest BCUT2D eigenvalue weighted by Gasteiger charge is -2.12. The summed E-state index contributed by atoms with van der Waals surface area (Å²) in [6.45, 7) is 0. The number of carbonyl (C=O) groups excluding carboxylic acids is 1. The Balaban J connectivity index is 1.84. The average Bonchev–Trinajstić information content (AvgIpc) is 2.79. The highest BCUT2D eigenvalue weighted by atomic mass is 35.5. The second kappa shape index (κ2) is 10.5. The van der Waals surface area contributed by atoms with E-state index in [2.05, 4.69) is 15.3 Å². The molecule has 0 atom stereocenters. The number of hydrogen-bond donors (Lipinski definition) is 1. The van der Waals surface area contributed by atoms with Crippen LogP contribution in [0.4, 0.5) is 18.9 Å². The zero-order chi connectivity index (χ0) is 24.2. The third-order valence-corrected chi connectivity index (χ3v) is 5.80. The van der Waals surface area contributed by atoms with E-state index >= 15 is 0 Å². The summed E-state index contributed by atoms with van der Waals surface area (Å²) in [4.78, 5) is 20.0. The Kier molecular flexibility index (Phi) is 7.93. The van der Waals surface area contributed by atoms with Crippen LogP contribution < -0.4 is 14.8 Å². The Morgan fingerprint density at radius 2 is 1.73 bits per heavy atom. The van der Waals surface area contributed by atoms with Gasteiger partial charge in [0.15, 0.2) is 16.7 Å². The molecule has 1 heterocycles. The number of thioether (sulfide) groups is 1. The van der Waals surface area contributed by atoms with Crippen LogP contribution in [0.3, 0.4) is 0 Å². The summed E-state index contributed by atoms with van der Waals surface area (Å²) in [5.41, 5.74) is -0.353.